The number of aliphatic hydroxyl groups excluding tert-OH is 1. The predicted molar refractivity (Wildman–Crippen MR) is 51.9 cm³/mol. The van der Waals surface area contributed by atoms with Gasteiger partial charge in [-0.25, -0.2) is 15.0 Å². The van der Waals surface area contributed by atoms with Crippen LogP contribution in [0.2, 0.25) is 0 Å². The van der Waals surface area contributed by atoms with E-state index in [1.165, 1.54) is 6.33 Å². The third-order valence-electron chi connectivity index (χ3n) is 1.91. The van der Waals surface area contributed by atoms with Crippen molar-refractivity contribution in [3.63, 3.8) is 0 Å². The smallest absolute Gasteiger partial charge is 0.182 e. The van der Waals surface area contributed by atoms with E-state index in [0.29, 0.717) is 18.0 Å². The molecule has 0 saturated heterocycles. The predicted octanol–water partition coefficient (Wildman–Crippen LogP) is -0.233. The fourth-order valence-electron chi connectivity index (χ4n) is 1.29. The Kier molecular flexibility index (Phi) is 2.28. The van der Waals surface area contributed by atoms with Gasteiger partial charge in [0.05, 0.1) is 12.9 Å². The third kappa shape index (κ3) is 1.39. The number of aromatic nitrogens is 4. The Morgan fingerprint density at radius 1 is 1.43 bits per heavy atom. The van der Waals surface area contributed by atoms with Gasteiger partial charge in [-0.2, -0.15) is 0 Å². The van der Waals surface area contributed by atoms with Crippen LogP contribution in [0, 0.1) is 0 Å². The first-order valence-corrected chi connectivity index (χ1v) is 4.29. The van der Waals surface area contributed by atoms with Crippen molar-refractivity contribution in [2.45, 2.75) is 0 Å². The lowest BCUT2D eigenvalue weighted by atomic mass is 10.4. The molecule has 74 valence electrons. The minimum absolute atomic E-state index is 0.0728. The lowest BCUT2D eigenvalue weighted by molar-refractivity contribution is 0.311. The van der Waals surface area contributed by atoms with Crippen molar-refractivity contribution in [2.24, 2.45) is 7.05 Å². The summed E-state index contributed by atoms with van der Waals surface area (Å²) in [5, 5.41) is 11.7. The topological polar surface area (TPSA) is 75.9 Å². The van der Waals surface area contributed by atoms with Crippen LogP contribution in [0.25, 0.3) is 11.2 Å². The molecule has 6 nitrogen and oxygen atoms in total. The monoisotopic (exact) mass is 193 g/mol. The fourth-order valence-corrected chi connectivity index (χ4v) is 1.29. The molecule has 0 unspecified atom stereocenters. The SMILES string of the molecule is Cn1cnc2ncnc(NCCO)c21. The molecule has 0 bridgehead atoms. The highest BCUT2D eigenvalue weighted by molar-refractivity contribution is 5.82. The van der Waals surface area contributed by atoms with Crippen LogP contribution in [0.4, 0.5) is 5.82 Å². The van der Waals surface area contributed by atoms with E-state index in [0.717, 1.165) is 5.52 Å². The maximum Gasteiger partial charge on any atom is 0.182 e. The van der Waals surface area contributed by atoms with Gasteiger partial charge in [0.1, 0.15) is 11.8 Å². The van der Waals surface area contributed by atoms with E-state index in [1.54, 1.807) is 6.33 Å². The quantitative estimate of drug-likeness (QED) is 0.704. The lowest BCUT2D eigenvalue weighted by Gasteiger charge is -2.04. The standard InChI is InChI=1S/C8H11N5O/c1-13-5-12-8-6(13)7(9-2-3-14)10-4-11-8/h4-5,14H,2-3H2,1H3,(H,9,10,11). The second kappa shape index (κ2) is 3.59. The van der Waals surface area contributed by atoms with E-state index >= 15 is 0 Å². The molecule has 2 aromatic heterocycles. The zero-order valence-electron chi connectivity index (χ0n) is 7.80. The maximum atomic E-state index is 8.69. The number of nitrogens with one attached hydrogen (secondary N) is 1. The first-order valence-electron chi connectivity index (χ1n) is 4.29. The van der Waals surface area contributed by atoms with E-state index in [-0.39, 0.29) is 6.61 Å². The van der Waals surface area contributed by atoms with Crippen molar-refractivity contribution in [3.05, 3.63) is 12.7 Å². The molecular formula is C8H11N5O. The molecule has 2 rings (SSSR count). The van der Waals surface area contributed by atoms with Crippen LogP contribution in [0.5, 0.6) is 0 Å². The maximum absolute atomic E-state index is 8.69. The number of imidazole rings is 1. The normalized spacial score (nSPS) is 10.7. The van der Waals surface area contributed by atoms with Crippen LogP contribution < -0.4 is 5.32 Å². The highest BCUT2D eigenvalue weighted by Crippen LogP contribution is 2.16. The number of anilines is 1. The minimum Gasteiger partial charge on any atom is -0.395 e. The zero-order chi connectivity index (χ0) is 9.97. The van der Waals surface area contributed by atoms with Crippen molar-refractivity contribution in [1.82, 2.24) is 19.5 Å². The van der Waals surface area contributed by atoms with Crippen molar-refractivity contribution >= 4 is 17.0 Å². The summed E-state index contributed by atoms with van der Waals surface area (Å²) in [6.45, 7) is 0.542. The molecule has 0 atom stereocenters. The number of hydrogen-bond donors (Lipinski definition) is 2. The first-order chi connectivity index (χ1) is 6.83. The van der Waals surface area contributed by atoms with Gasteiger partial charge >= 0.3 is 0 Å². The second-order valence-electron chi connectivity index (χ2n) is 2.90. The van der Waals surface area contributed by atoms with Crippen LogP contribution in [-0.4, -0.2) is 37.8 Å². The number of fused-ring (bicyclic) bond motifs is 1. The van der Waals surface area contributed by atoms with Crippen molar-refractivity contribution in [2.75, 3.05) is 18.5 Å². The summed E-state index contributed by atoms with van der Waals surface area (Å²) in [4.78, 5) is 12.2. The van der Waals surface area contributed by atoms with Gasteiger partial charge in [0.15, 0.2) is 11.5 Å². The highest BCUT2D eigenvalue weighted by atomic mass is 16.3. The van der Waals surface area contributed by atoms with Gasteiger partial charge in [-0.1, -0.05) is 0 Å². The molecule has 14 heavy (non-hydrogen) atoms. The molecule has 2 heterocycles. The molecule has 2 N–H and O–H groups in total. The Bertz CT molecular complexity index is 438. The molecule has 0 saturated carbocycles. The number of nitrogens with zero attached hydrogens (tertiary/aromatic N) is 4. The third-order valence-corrected chi connectivity index (χ3v) is 1.91. The van der Waals surface area contributed by atoms with Crippen LogP contribution in [0.1, 0.15) is 0 Å². The minimum atomic E-state index is 0.0728. The summed E-state index contributed by atoms with van der Waals surface area (Å²) in [5.41, 5.74) is 1.50. The largest absolute Gasteiger partial charge is 0.395 e. The van der Waals surface area contributed by atoms with Crippen LogP contribution >= 0.6 is 0 Å². The summed E-state index contributed by atoms with van der Waals surface area (Å²) >= 11 is 0. The van der Waals surface area contributed by atoms with Gasteiger partial charge in [-0.05, 0) is 0 Å². The van der Waals surface area contributed by atoms with Gasteiger partial charge in [-0.15, -0.1) is 0 Å². The molecule has 0 aromatic carbocycles. The van der Waals surface area contributed by atoms with E-state index < -0.39 is 0 Å². The Morgan fingerprint density at radius 2 is 2.29 bits per heavy atom. The van der Waals surface area contributed by atoms with Crippen molar-refractivity contribution in [1.29, 1.82) is 0 Å². The fraction of sp³-hybridized carbons (Fsp3) is 0.375. The summed E-state index contributed by atoms with van der Waals surface area (Å²) < 4.78 is 1.84. The molecule has 0 radical (unpaired) electrons. The summed E-state index contributed by atoms with van der Waals surface area (Å²) in [6.07, 6.45) is 3.14. The van der Waals surface area contributed by atoms with E-state index in [9.17, 15) is 0 Å². The number of rotatable bonds is 3. The Hall–Kier alpha value is -1.69. The zero-order valence-corrected chi connectivity index (χ0v) is 7.80. The first kappa shape index (κ1) is 8.89. The Morgan fingerprint density at radius 3 is 3.07 bits per heavy atom. The van der Waals surface area contributed by atoms with Crippen molar-refractivity contribution < 1.29 is 5.11 Å². The second-order valence-corrected chi connectivity index (χ2v) is 2.90. The van der Waals surface area contributed by atoms with E-state index in [2.05, 4.69) is 20.3 Å². The molecule has 0 amide bonds. The van der Waals surface area contributed by atoms with Gasteiger partial charge in [0.25, 0.3) is 0 Å². The van der Waals surface area contributed by atoms with Crippen LogP contribution in [0.3, 0.4) is 0 Å². The van der Waals surface area contributed by atoms with E-state index in [4.69, 9.17) is 5.11 Å². The van der Waals surface area contributed by atoms with Crippen molar-refractivity contribution in [3.8, 4) is 0 Å². The molecule has 2 aromatic rings. The number of aliphatic hydroxyl groups is 1. The highest BCUT2D eigenvalue weighted by Gasteiger charge is 2.06. The van der Waals surface area contributed by atoms with Gasteiger partial charge in [-0.3, -0.25) is 0 Å². The number of hydrogen-bond acceptors (Lipinski definition) is 5. The Balaban J connectivity index is 2.46. The molecule has 0 aliphatic carbocycles. The van der Waals surface area contributed by atoms with Crippen LogP contribution in [-0.2, 0) is 7.05 Å². The summed E-state index contributed by atoms with van der Waals surface area (Å²) in [5.74, 6) is 0.698. The molecule has 0 fully saturated rings. The number of aryl methyl sites for hydroxylation is 1. The molecule has 0 aliphatic heterocycles. The molecule has 6 heteroatoms. The van der Waals surface area contributed by atoms with Gasteiger partial charge in [0, 0.05) is 13.6 Å². The molecule has 0 spiro atoms. The molecule has 0 aliphatic rings. The van der Waals surface area contributed by atoms with E-state index in [1.807, 2.05) is 11.6 Å². The summed E-state index contributed by atoms with van der Waals surface area (Å²) in [6, 6.07) is 0. The lowest BCUT2D eigenvalue weighted by Crippen LogP contribution is -2.08. The Labute approximate surface area is 80.6 Å². The average molecular weight is 193 g/mol. The average Bonchev–Trinajstić information content (AvgIpc) is 2.58. The molecular weight excluding hydrogens is 182 g/mol. The van der Waals surface area contributed by atoms with Crippen LogP contribution in [0.15, 0.2) is 12.7 Å². The summed E-state index contributed by atoms with van der Waals surface area (Å²) in [7, 11) is 1.88. The van der Waals surface area contributed by atoms with Gasteiger partial charge < -0.3 is 15.0 Å². The van der Waals surface area contributed by atoms with Gasteiger partial charge in [0.2, 0.25) is 0 Å².